The Labute approximate surface area is 101 Å². The van der Waals surface area contributed by atoms with Crippen LogP contribution in [0.5, 0.6) is 0 Å². The van der Waals surface area contributed by atoms with Gasteiger partial charge in [-0.3, -0.25) is 4.72 Å². The van der Waals surface area contributed by atoms with Crippen molar-refractivity contribution >= 4 is 21.6 Å². The second-order valence-electron chi connectivity index (χ2n) is 3.95. The lowest BCUT2D eigenvalue weighted by atomic mass is 10.3. The van der Waals surface area contributed by atoms with Gasteiger partial charge in [0.1, 0.15) is 5.82 Å². The largest absolute Gasteiger partial charge is 0.396 e. The molecule has 0 heterocycles. The molecule has 17 heavy (non-hydrogen) atoms. The van der Waals surface area contributed by atoms with Crippen LogP contribution in [0.3, 0.4) is 0 Å². The molecule has 7 heteroatoms. The third kappa shape index (κ3) is 3.31. The number of nitrogens with two attached hydrogens (primary N) is 1. The van der Waals surface area contributed by atoms with Gasteiger partial charge >= 0.3 is 10.2 Å². The summed E-state index contributed by atoms with van der Waals surface area (Å²) in [5.41, 5.74) is 5.42. The van der Waals surface area contributed by atoms with Gasteiger partial charge in [-0.05, 0) is 26.0 Å². The molecule has 0 fully saturated rings. The van der Waals surface area contributed by atoms with Crippen LogP contribution >= 0.6 is 0 Å². The van der Waals surface area contributed by atoms with Crippen molar-refractivity contribution < 1.29 is 12.8 Å². The molecule has 0 aliphatic heterocycles. The average Bonchev–Trinajstić information content (AvgIpc) is 2.22. The summed E-state index contributed by atoms with van der Waals surface area (Å²) in [6, 6.07) is 3.57. The van der Waals surface area contributed by atoms with Crippen LogP contribution in [0.2, 0.25) is 0 Å². The van der Waals surface area contributed by atoms with E-state index < -0.39 is 16.0 Å². The topological polar surface area (TPSA) is 75.4 Å². The van der Waals surface area contributed by atoms with Crippen LogP contribution in [0.25, 0.3) is 0 Å². The third-order valence-electron chi connectivity index (χ3n) is 2.35. The number of hydrogen-bond acceptors (Lipinski definition) is 3. The number of benzene rings is 1. The lowest BCUT2D eigenvalue weighted by molar-refractivity contribution is 0.414. The Balaban J connectivity index is 2.94. The average molecular weight is 261 g/mol. The van der Waals surface area contributed by atoms with Gasteiger partial charge in [0, 0.05) is 19.2 Å². The van der Waals surface area contributed by atoms with Gasteiger partial charge in [-0.15, -0.1) is 0 Å². The molecule has 5 nitrogen and oxygen atoms in total. The van der Waals surface area contributed by atoms with Crippen LogP contribution < -0.4 is 10.5 Å². The Kier molecular flexibility index (Phi) is 3.94. The zero-order valence-electron chi connectivity index (χ0n) is 9.94. The lowest BCUT2D eigenvalue weighted by Gasteiger charge is -2.21. The summed E-state index contributed by atoms with van der Waals surface area (Å²) in [4.78, 5) is 0. The number of hydrogen-bond donors (Lipinski definition) is 2. The van der Waals surface area contributed by atoms with E-state index in [4.69, 9.17) is 5.73 Å². The SMILES string of the molecule is CC(C)N(C)S(=O)(=O)Nc1ccc(N)c(F)c1. The van der Waals surface area contributed by atoms with Crippen LogP contribution in [0.15, 0.2) is 18.2 Å². The summed E-state index contributed by atoms with van der Waals surface area (Å²) in [7, 11) is -2.22. The number of rotatable bonds is 4. The van der Waals surface area contributed by atoms with Gasteiger partial charge in [0.25, 0.3) is 0 Å². The van der Waals surface area contributed by atoms with Crippen LogP contribution in [-0.4, -0.2) is 25.8 Å². The minimum Gasteiger partial charge on any atom is -0.396 e. The molecule has 1 aromatic carbocycles. The summed E-state index contributed by atoms with van der Waals surface area (Å²) in [6.45, 7) is 3.48. The van der Waals surface area contributed by atoms with Gasteiger partial charge in [0.2, 0.25) is 0 Å². The van der Waals surface area contributed by atoms with Crippen molar-refractivity contribution in [2.45, 2.75) is 19.9 Å². The summed E-state index contributed by atoms with van der Waals surface area (Å²) >= 11 is 0. The molecule has 0 amide bonds. The highest BCUT2D eigenvalue weighted by atomic mass is 32.2. The summed E-state index contributed by atoms with van der Waals surface area (Å²) < 4.78 is 40.2. The lowest BCUT2D eigenvalue weighted by Crippen LogP contribution is -2.37. The van der Waals surface area contributed by atoms with E-state index in [1.807, 2.05) is 0 Å². The second kappa shape index (κ2) is 4.89. The molecule has 1 aromatic rings. The van der Waals surface area contributed by atoms with Gasteiger partial charge < -0.3 is 5.73 Å². The molecule has 0 radical (unpaired) electrons. The number of anilines is 2. The molecule has 1 rings (SSSR count). The smallest absolute Gasteiger partial charge is 0.301 e. The maximum absolute atomic E-state index is 13.1. The number of halogens is 1. The first kappa shape index (κ1) is 13.7. The molecule has 96 valence electrons. The first-order valence-electron chi connectivity index (χ1n) is 5.05. The van der Waals surface area contributed by atoms with E-state index >= 15 is 0 Å². The van der Waals surface area contributed by atoms with E-state index in [0.29, 0.717) is 0 Å². The minimum atomic E-state index is -3.67. The quantitative estimate of drug-likeness (QED) is 0.804. The molecule has 0 aliphatic carbocycles. The van der Waals surface area contributed by atoms with E-state index in [1.54, 1.807) is 13.8 Å². The normalized spacial score (nSPS) is 12.1. The Bertz CT molecular complexity index is 502. The molecule has 0 unspecified atom stereocenters. The van der Waals surface area contributed by atoms with Crippen LogP contribution in [-0.2, 0) is 10.2 Å². The van der Waals surface area contributed by atoms with Crippen molar-refractivity contribution in [3.63, 3.8) is 0 Å². The van der Waals surface area contributed by atoms with Gasteiger partial charge in [0.05, 0.1) is 11.4 Å². The fourth-order valence-corrected chi connectivity index (χ4v) is 2.21. The molecule has 0 saturated carbocycles. The fraction of sp³-hybridized carbons (Fsp3) is 0.400. The highest BCUT2D eigenvalue weighted by Crippen LogP contribution is 2.18. The van der Waals surface area contributed by atoms with Crippen molar-refractivity contribution in [2.24, 2.45) is 0 Å². The molecule has 0 aromatic heterocycles. The van der Waals surface area contributed by atoms with E-state index in [9.17, 15) is 12.8 Å². The van der Waals surface area contributed by atoms with Gasteiger partial charge in [-0.2, -0.15) is 12.7 Å². The molecule has 0 bridgehead atoms. The number of nitrogens with one attached hydrogen (secondary N) is 1. The fourth-order valence-electron chi connectivity index (χ4n) is 1.09. The molecule has 0 atom stereocenters. The zero-order chi connectivity index (χ0) is 13.2. The third-order valence-corrected chi connectivity index (χ3v) is 4.03. The van der Waals surface area contributed by atoms with E-state index in [-0.39, 0.29) is 17.4 Å². The molecular formula is C10H16FN3O2S. The zero-order valence-corrected chi connectivity index (χ0v) is 10.8. The van der Waals surface area contributed by atoms with Gasteiger partial charge in [0.15, 0.2) is 0 Å². The van der Waals surface area contributed by atoms with Crippen LogP contribution in [0, 0.1) is 5.82 Å². The maximum atomic E-state index is 13.1. The van der Waals surface area contributed by atoms with Crippen molar-refractivity contribution in [1.82, 2.24) is 4.31 Å². The van der Waals surface area contributed by atoms with Gasteiger partial charge in [-0.25, -0.2) is 4.39 Å². The minimum absolute atomic E-state index is 0.0230. The van der Waals surface area contributed by atoms with E-state index in [1.165, 1.54) is 19.2 Å². The predicted molar refractivity (Wildman–Crippen MR) is 66.3 cm³/mol. The van der Waals surface area contributed by atoms with Crippen molar-refractivity contribution in [1.29, 1.82) is 0 Å². The monoisotopic (exact) mass is 261 g/mol. The Morgan fingerprint density at radius 3 is 2.47 bits per heavy atom. The molecule has 0 aliphatic rings. The van der Waals surface area contributed by atoms with Crippen molar-refractivity contribution in [3.05, 3.63) is 24.0 Å². The predicted octanol–water partition coefficient (Wildman–Crippen LogP) is 1.40. The highest BCUT2D eigenvalue weighted by Gasteiger charge is 2.20. The highest BCUT2D eigenvalue weighted by molar-refractivity contribution is 7.90. The molecule has 3 N–H and O–H groups in total. The number of nitrogen functional groups attached to an aromatic ring is 1. The van der Waals surface area contributed by atoms with Crippen LogP contribution in [0.1, 0.15) is 13.8 Å². The Hall–Kier alpha value is -1.34. The summed E-state index contributed by atoms with van der Waals surface area (Å²) in [5.74, 6) is -0.655. The molecular weight excluding hydrogens is 245 g/mol. The summed E-state index contributed by atoms with van der Waals surface area (Å²) in [5, 5.41) is 0. The summed E-state index contributed by atoms with van der Waals surface area (Å²) in [6.07, 6.45) is 0. The maximum Gasteiger partial charge on any atom is 0.301 e. The standard InChI is InChI=1S/C10H16FN3O2S/c1-7(2)14(3)17(15,16)13-8-4-5-10(12)9(11)6-8/h4-7,13H,12H2,1-3H3. The van der Waals surface area contributed by atoms with E-state index in [2.05, 4.69) is 4.72 Å². The molecule has 0 saturated heterocycles. The number of nitrogens with zero attached hydrogens (tertiary/aromatic N) is 1. The Morgan fingerprint density at radius 2 is 2.00 bits per heavy atom. The first-order chi connectivity index (χ1) is 7.74. The van der Waals surface area contributed by atoms with E-state index in [0.717, 1.165) is 10.4 Å². The Morgan fingerprint density at radius 1 is 1.41 bits per heavy atom. The molecule has 0 spiro atoms. The van der Waals surface area contributed by atoms with Gasteiger partial charge in [-0.1, -0.05) is 0 Å². The van der Waals surface area contributed by atoms with Crippen LogP contribution in [0.4, 0.5) is 15.8 Å². The van der Waals surface area contributed by atoms with Crippen molar-refractivity contribution in [2.75, 3.05) is 17.5 Å². The van der Waals surface area contributed by atoms with Crippen molar-refractivity contribution in [3.8, 4) is 0 Å². The first-order valence-corrected chi connectivity index (χ1v) is 6.49. The second-order valence-corrected chi connectivity index (χ2v) is 5.68.